The van der Waals surface area contributed by atoms with Gasteiger partial charge in [0.25, 0.3) is 0 Å². The van der Waals surface area contributed by atoms with E-state index in [-0.39, 0.29) is 24.5 Å². The number of anilines is 1. The molecule has 1 aliphatic rings. The molecule has 4 N–H and O–H groups in total. The summed E-state index contributed by atoms with van der Waals surface area (Å²) in [6, 6.07) is 0.146. The van der Waals surface area contributed by atoms with Gasteiger partial charge in [-0.3, -0.25) is 4.57 Å². The lowest BCUT2D eigenvalue weighted by molar-refractivity contribution is -0.0487. The van der Waals surface area contributed by atoms with Crippen molar-refractivity contribution in [3.8, 4) is 6.01 Å². The van der Waals surface area contributed by atoms with Gasteiger partial charge in [-0.1, -0.05) is 0 Å². The largest absolute Gasteiger partial charge is 0.461 e. The van der Waals surface area contributed by atoms with Crippen molar-refractivity contribution >= 4 is 17.0 Å². The highest BCUT2D eigenvalue weighted by molar-refractivity contribution is 5.82. The Morgan fingerprint density at radius 3 is 2.91 bits per heavy atom. The first-order valence-electron chi connectivity index (χ1n) is 7.10. The molecular weight excluding hydrogens is 290 g/mol. The Morgan fingerprint density at radius 1 is 1.50 bits per heavy atom. The third-order valence-corrected chi connectivity index (χ3v) is 3.41. The average Bonchev–Trinajstić information content (AvgIpc) is 3.01. The second-order valence-corrected chi connectivity index (χ2v) is 5.52. The minimum Gasteiger partial charge on any atom is -0.461 e. The first-order chi connectivity index (χ1) is 10.5. The second kappa shape index (κ2) is 5.67. The SMILES string of the molecule is CC(C)Oc1nc(N)c2ncn([C@H]3O[C@H](CO)C[C@H]3O)c2n1. The van der Waals surface area contributed by atoms with Gasteiger partial charge in [-0.2, -0.15) is 9.97 Å². The van der Waals surface area contributed by atoms with Crippen LogP contribution in [0.15, 0.2) is 6.33 Å². The van der Waals surface area contributed by atoms with Gasteiger partial charge in [0.1, 0.15) is 6.10 Å². The highest BCUT2D eigenvalue weighted by Gasteiger charge is 2.36. The number of aliphatic hydroxyl groups is 2. The summed E-state index contributed by atoms with van der Waals surface area (Å²) in [6.45, 7) is 3.56. The Kier molecular flexibility index (Phi) is 3.85. The van der Waals surface area contributed by atoms with E-state index in [0.29, 0.717) is 17.6 Å². The summed E-state index contributed by atoms with van der Waals surface area (Å²) in [5.74, 6) is 0.200. The molecule has 3 heterocycles. The summed E-state index contributed by atoms with van der Waals surface area (Å²) in [5.41, 5.74) is 6.72. The van der Waals surface area contributed by atoms with E-state index in [1.54, 1.807) is 4.57 Å². The molecule has 3 atom stereocenters. The van der Waals surface area contributed by atoms with Crippen molar-refractivity contribution in [3.63, 3.8) is 0 Å². The standard InChI is InChI=1S/C13H19N5O4/c1-6(2)21-13-16-10(14)9-11(17-13)18(5-15-9)12-8(20)3-7(4-19)22-12/h5-8,12,19-20H,3-4H2,1-2H3,(H2,14,16,17)/t7-,8+,12-/m0/s1. The van der Waals surface area contributed by atoms with Crippen LogP contribution in [-0.2, 0) is 4.74 Å². The van der Waals surface area contributed by atoms with Crippen LogP contribution in [0, 0.1) is 0 Å². The molecule has 9 heteroatoms. The molecule has 0 aliphatic carbocycles. The van der Waals surface area contributed by atoms with Gasteiger partial charge in [-0.05, 0) is 13.8 Å². The van der Waals surface area contributed by atoms with Gasteiger partial charge < -0.3 is 25.4 Å². The maximum absolute atomic E-state index is 10.1. The summed E-state index contributed by atoms with van der Waals surface area (Å²) in [6.07, 6.45) is -0.119. The number of aliphatic hydroxyl groups excluding tert-OH is 2. The fourth-order valence-electron chi connectivity index (χ4n) is 2.47. The van der Waals surface area contributed by atoms with E-state index >= 15 is 0 Å². The monoisotopic (exact) mass is 309 g/mol. The van der Waals surface area contributed by atoms with Crippen LogP contribution in [0.1, 0.15) is 26.5 Å². The minimum absolute atomic E-state index is 0.0969. The molecule has 0 amide bonds. The van der Waals surface area contributed by atoms with Crippen LogP contribution >= 0.6 is 0 Å². The molecule has 1 saturated heterocycles. The molecule has 0 unspecified atom stereocenters. The number of nitrogens with zero attached hydrogens (tertiary/aromatic N) is 4. The Hall–Kier alpha value is -1.97. The smallest absolute Gasteiger partial charge is 0.320 e. The maximum Gasteiger partial charge on any atom is 0.320 e. The van der Waals surface area contributed by atoms with Crippen molar-refractivity contribution in [2.24, 2.45) is 0 Å². The van der Waals surface area contributed by atoms with Crippen LogP contribution < -0.4 is 10.5 Å². The number of ether oxygens (including phenoxy) is 2. The number of aromatic nitrogens is 4. The number of rotatable bonds is 4. The molecule has 1 fully saturated rings. The first kappa shape index (κ1) is 14.9. The Balaban J connectivity index is 2.01. The van der Waals surface area contributed by atoms with Crippen molar-refractivity contribution < 1.29 is 19.7 Å². The number of hydrogen-bond acceptors (Lipinski definition) is 8. The lowest BCUT2D eigenvalue weighted by Gasteiger charge is -2.17. The third-order valence-electron chi connectivity index (χ3n) is 3.41. The average molecular weight is 309 g/mol. The van der Waals surface area contributed by atoms with Gasteiger partial charge in [0.05, 0.1) is 25.1 Å². The van der Waals surface area contributed by atoms with E-state index in [1.807, 2.05) is 13.8 Å². The molecule has 2 aromatic heterocycles. The number of nitrogen functional groups attached to an aromatic ring is 1. The zero-order chi connectivity index (χ0) is 15.9. The molecule has 9 nitrogen and oxygen atoms in total. The summed E-state index contributed by atoms with van der Waals surface area (Å²) < 4.78 is 12.7. The molecule has 0 aromatic carbocycles. The Labute approximate surface area is 126 Å². The molecule has 0 saturated carbocycles. The normalized spacial score (nSPS) is 25.2. The Morgan fingerprint density at radius 2 is 2.27 bits per heavy atom. The minimum atomic E-state index is -0.764. The van der Waals surface area contributed by atoms with Crippen molar-refractivity contribution in [1.82, 2.24) is 19.5 Å². The second-order valence-electron chi connectivity index (χ2n) is 5.52. The van der Waals surface area contributed by atoms with Gasteiger partial charge in [0.15, 0.2) is 23.2 Å². The first-order valence-corrected chi connectivity index (χ1v) is 7.10. The summed E-state index contributed by atoms with van der Waals surface area (Å²) in [7, 11) is 0. The predicted octanol–water partition coefficient (Wildman–Crippen LogP) is -0.164. The number of imidazole rings is 1. The fourth-order valence-corrected chi connectivity index (χ4v) is 2.47. The zero-order valence-corrected chi connectivity index (χ0v) is 12.4. The molecule has 1 aliphatic heterocycles. The molecular formula is C13H19N5O4. The number of nitrogens with two attached hydrogens (primary N) is 1. The fraction of sp³-hybridized carbons (Fsp3) is 0.615. The van der Waals surface area contributed by atoms with E-state index < -0.39 is 18.4 Å². The van der Waals surface area contributed by atoms with E-state index in [4.69, 9.17) is 15.2 Å². The summed E-state index contributed by atoms with van der Waals surface area (Å²) in [4.78, 5) is 12.5. The molecule has 22 heavy (non-hydrogen) atoms. The number of fused-ring (bicyclic) bond motifs is 1. The summed E-state index contributed by atoms with van der Waals surface area (Å²) >= 11 is 0. The number of hydrogen-bond donors (Lipinski definition) is 3. The van der Waals surface area contributed by atoms with Crippen molar-refractivity contribution in [2.45, 2.75) is 44.8 Å². The molecule has 0 spiro atoms. The highest BCUT2D eigenvalue weighted by atomic mass is 16.5. The summed E-state index contributed by atoms with van der Waals surface area (Å²) in [5, 5.41) is 19.3. The van der Waals surface area contributed by atoms with Gasteiger partial charge in [0, 0.05) is 6.42 Å². The van der Waals surface area contributed by atoms with Gasteiger partial charge in [0.2, 0.25) is 0 Å². The van der Waals surface area contributed by atoms with E-state index in [0.717, 1.165) is 0 Å². The maximum atomic E-state index is 10.1. The topological polar surface area (TPSA) is 129 Å². The predicted molar refractivity (Wildman–Crippen MR) is 77.1 cm³/mol. The van der Waals surface area contributed by atoms with Crippen molar-refractivity contribution in [3.05, 3.63) is 6.33 Å². The molecule has 3 rings (SSSR count). The highest BCUT2D eigenvalue weighted by Crippen LogP contribution is 2.32. The molecule has 0 bridgehead atoms. The molecule has 2 aromatic rings. The van der Waals surface area contributed by atoms with Crippen LogP contribution in [0.2, 0.25) is 0 Å². The lowest BCUT2D eigenvalue weighted by Crippen LogP contribution is -2.19. The van der Waals surface area contributed by atoms with Gasteiger partial charge in [-0.25, -0.2) is 4.98 Å². The van der Waals surface area contributed by atoms with Crippen LogP contribution in [0.25, 0.3) is 11.2 Å². The van der Waals surface area contributed by atoms with Crippen molar-refractivity contribution in [2.75, 3.05) is 12.3 Å². The van der Waals surface area contributed by atoms with E-state index in [2.05, 4.69) is 15.0 Å². The third kappa shape index (κ3) is 2.58. The van der Waals surface area contributed by atoms with Crippen LogP contribution in [-0.4, -0.2) is 54.7 Å². The van der Waals surface area contributed by atoms with Crippen LogP contribution in [0.3, 0.4) is 0 Å². The quantitative estimate of drug-likeness (QED) is 0.710. The van der Waals surface area contributed by atoms with Crippen LogP contribution in [0.4, 0.5) is 5.82 Å². The molecule has 120 valence electrons. The van der Waals surface area contributed by atoms with E-state index in [9.17, 15) is 10.2 Å². The Bertz CT molecular complexity index is 674. The van der Waals surface area contributed by atoms with Gasteiger partial charge >= 0.3 is 6.01 Å². The molecule has 0 radical (unpaired) electrons. The van der Waals surface area contributed by atoms with Crippen molar-refractivity contribution in [1.29, 1.82) is 0 Å². The van der Waals surface area contributed by atoms with Gasteiger partial charge in [-0.15, -0.1) is 0 Å². The van der Waals surface area contributed by atoms with Crippen LogP contribution in [0.5, 0.6) is 6.01 Å². The van der Waals surface area contributed by atoms with E-state index in [1.165, 1.54) is 6.33 Å². The zero-order valence-electron chi connectivity index (χ0n) is 12.4. The lowest BCUT2D eigenvalue weighted by atomic mass is 10.2.